The molecule has 1 saturated heterocycles. The Kier molecular flexibility index (Phi) is 6.02. The Morgan fingerprint density at radius 1 is 1.60 bits per heavy atom. The molecule has 1 N–H and O–H groups in total. The van der Waals surface area contributed by atoms with Gasteiger partial charge in [-0.1, -0.05) is 45.2 Å². The molecule has 3 atom stereocenters. The van der Waals surface area contributed by atoms with Gasteiger partial charge in [-0.15, -0.1) is 0 Å². The van der Waals surface area contributed by atoms with Crippen molar-refractivity contribution in [2.75, 3.05) is 17.6 Å². The van der Waals surface area contributed by atoms with Crippen LogP contribution in [0.3, 0.4) is 0 Å². The molecule has 0 aromatic heterocycles. The number of aliphatic hydroxyl groups is 1. The smallest absolute Gasteiger partial charge is 0.167 e. The summed E-state index contributed by atoms with van der Waals surface area (Å²) >= 11 is 4.39. The second-order valence-corrected chi connectivity index (χ2v) is 6.33. The van der Waals surface area contributed by atoms with Crippen molar-refractivity contribution >= 4 is 45.2 Å². The van der Waals surface area contributed by atoms with Crippen molar-refractivity contribution in [3.05, 3.63) is 0 Å². The zero-order valence-electron chi connectivity index (χ0n) is 8.78. The molecular formula is C9H16I2O4. The minimum absolute atomic E-state index is 0.0764. The van der Waals surface area contributed by atoms with Crippen LogP contribution in [0.25, 0.3) is 0 Å². The van der Waals surface area contributed by atoms with E-state index in [9.17, 15) is 5.11 Å². The molecule has 0 aromatic carbocycles. The summed E-state index contributed by atoms with van der Waals surface area (Å²) in [5.74, 6) is -0.522. The maximum absolute atomic E-state index is 9.58. The molecule has 1 heterocycles. The summed E-state index contributed by atoms with van der Waals surface area (Å²) in [5.41, 5.74) is 0. The quantitative estimate of drug-likeness (QED) is 0.401. The molecule has 0 radical (unpaired) electrons. The van der Waals surface area contributed by atoms with Gasteiger partial charge in [0.1, 0.15) is 6.10 Å². The van der Waals surface area contributed by atoms with E-state index in [0.29, 0.717) is 13.2 Å². The van der Waals surface area contributed by atoms with Gasteiger partial charge in [0.15, 0.2) is 12.1 Å². The van der Waals surface area contributed by atoms with E-state index in [-0.39, 0.29) is 10.0 Å². The van der Waals surface area contributed by atoms with E-state index in [2.05, 4.69) is 45.2 Å². The zero-order valence-corrected chi connectivity index (χ0v) is 13.1. The van der Waals surface area contributed by atoms with Gasteiger partial charge in [0.25, 0.3) is 0 Å². The van der Waals surface area contributed by atoms with Gasteiger partial charge in [0, 0.05) is 4.43 Å². The third kappa shape index (κ3) is 4.99. The molecule has 4 nitrogen and oxygen atoms in total. The Labute approximate surface area is 117 Å². The number of hydrogen-bond donors (Lipinski definition) is 1. The Hall–Kier alpha value is 1.30. The molecule has 15 heavy (non-hydrogen) atoms. The van der Waals surface area contributed by atoms with Crippen molar-refractivity contribution in [2.24, 2.45) is 0 Å². The second-order valence-electron chi connectivity index (χ2n) is 3.84. The average molecular weight is 442 g/mol. The van der Waals surface area contributed by atoms with Gasteiger partial charge < -0.3 is 19.3 Å². The minimum atomic E-state index is -0.727. The van der Waals surface area contributed by atoms with Crippen LogP contribution in [0, 0.1) is 0 Å². The lowest BCUT2D eigenvalue weighted by molar-refractivity contribution is -0.162. The highest BCUT2D eigenvalue weighted by atomic mass is 127. The normalized spacial score (nSPS) is 29.0. The van der Waals surface area contributed by atoms with Crippen LogP contribution in [0.2, 0.25) is 0 Å². The van der Waals surface area contributed by atoms with Crippen molar-refractivity contribution in [1.29, 1.82) is 0 Å². The average Bonchev–Trinajstić information content (AvgIpc) is 2.53. The van der Waals surface area contributed by atoms with Crippen molar-refractivity contribution in [3.8, 4) is 0 Å². The summed E-state index contributed by atoms with van der Waals surface area (Å²) in [6, 6.07) is 0. The molecule has 1 aliphatic rings. The number of ether oxygens (including phenoxy) is 3. The van der Waals surface area contributed by atoms with E-state index >= 15 is 0 Å². The van der Waals surface area contributed by atoms with Gasteiger partial charge in [0.05, 0.1) is 17.1 Å². The molecule has 0 amide bonds. The van der Waals surface area contributed by atoms with Gasteiger partial charge in [-0.3, -0.25) is 0 Å². The highest BCUT2D eigenvalue weighted by Crippen LogP contribution is 2.23. The molecule has 0 bridgehead atoms. The third-order valence-corrected chi connectivity index (χ3v) is 5.67. The first-order valence-corrected chi connectivity index (χ1v) is 7.53. The van der Waals surface area contributed by atoms with E-state index in [1.807, 2.05) is 13.8 Å². The summed E-state index contributed by atoms with van der Waals surface area (Å²) in [5, 5.41) is 9.58. The van der Waals surface area contributed by atoms with E-state index in [1.165, 1.54) is 0 Å². The molecule has 0 spiro atoms. The SMILES string of the molecule is CC1(C)OCC(COC(O)C(I)CI)O1. The van der Waals surface area contributed by atoms with Crippen LogP contribution in [0.1, 0.15) is 13.8 Å². The number of aliphatic hydroxyl groups excluding tert-OH is 1. The molecule has 0 aromatic rings. The molecular weight excluding hydrogens is 426 g/mol. The Balaban J connectivity index is 2.21. The number of halogens is 2. The van der Waals surface area contributed by atoms with E-state index in [0.717, 1.165) is 4.43 Å². The van der Waals surface area contributed by atoms with E-state index in [1.54, 1.807) is 0 Å². The fraction of sp³-hybridized carbons (Fsp3) is 1.00. The highest BCUT2D eigenvalue weighted by molar-refractivity contribution is 14.1. The molecule has 6 heteroatoms. The van der Waals surface area contributed by atoms with Crippen LogP contribution >= 0.6 is 45.2 Å². The predicted molar refractivity (Wildman–Crippen MR) is 73.6 cm³/mol. The number of alkyl halides is 2. The van der Waals surface area contributed by atoms with Crippen LogP contribution in [0.4, 0.5) is 0 Å². The van der Waals surface area contributed by atoms with Gasteiger partial charge in [-0.05, 0) is 13.8 Å². The molecule has 1 fully saturated rings. The second kappa shape index (κ2) is 6.29. The van der Waals surface area contributed by atoms with Crippen molar-refractivity contribution in [1.82, 2.24) is 0 Å². The molecule has 1 rings (SSSR count). The van der Waals surface area contributed by atoms with Crippen LogP contribution < -0.4 is 0 Å². The van der Waals surface area contributed by atoms with Crippen LogP contribution in [-0.4, -0.2) is 44.9 Å². The summed E-state index contributed by atoms with van der Waals surface area (Å²) in [7, 11) is 0. The van der Waals surface area contributed by atoms with Gasteiger partial charge in [-0.2, -0.15) is 0 Å². The Morgan fingerprint density at radius 3 is 2.73 bits per heavy atom. The molecule has 0 aliphatic carbocycles. The summed E-state index contributed by atoms with van der Waals surface area (Å²) in [4.78, 5) is 0. The molecule has 90 valence electrons. The van der Waals surface area contributed by atoms with E-state index < -0.39 is 12.1 Å². The number of hydrogen-bond acceptors (Lipinski definition) is 4. The first-order valence-electron chi connectivity index (χ1n) is 4.76. The Morgan fingerprint density at radius 2 is 2.27 bits per heavy atom. The fourth-order valence-electron chi connectivity index (χ4n) is 1.23. The molecule has 3 unspecified atom stereocenters. The standard InChI is InChI=1S/C9H16I2O4/c1-9(2)14-5-6(15-9)4-13-8(12)7(11)3-10/h6-8,12H,3-5H2,1-2H3. The van der Waals surface area contributed by atoms with Crippen molar-refractivity contribution < 1.29 is 19.3 Å². The highest BCUT2D eigenvalue weighted by Gasteiger charge is 2.33. The largest absolute Gasteiger partial charge is 0.367 e. The maximum atomic E-state index is 9.58. The monoisotopic (exact) mass is 442 g/mol. The van der Waals surface area contributed by atoms with Crippen molar-refractivity contribution in [2.45, 2.75) is 36.0 Å². The maximum Gasteiger partial charge on any atom is 0.167 e. The topological polar surface area (TPSA) is 47.9 Å². The first-order chi connectivity index (χ1) is 6.94. The summed E-state index contributed by atoms with van der Waals surface area (Å²) < 4.78 is 17.2. The summed E-state index contributed by atoms with van der Waals surface area (Å²) in [6.45, 7) is 4.64. The third-order valence-electron chi connectivity index (χ3n) is 1.98. The van der Waals surface area contributed by atoms with Crippen LogP contribution in [-0.2, 0) is 14.2 Å². The lowest BCUT2D eigenvalue weighted by Gasteiger charge is -2.19. The first kappa shape index (κ1) is 14.4. The lowest BCUT2D eigenvalue weighted by atomic mass is 10.4. The zero-order chi connectivity index (χ0) is 11.5. The predicted octanol–water partition coefficient (Wildman–Crippen LogP) is 1.71. The van der Waals surface area contributed by atoms with Crippen molar-refractivity contribution in [3.63, 3.8) is 0 Å². The minimum Gasteiger partial charge on any atom is -0.367 e. The molecule has 1 aliphatic heterocycles. The summed E-state index contributed by atoms with van der Waals surface area (Å²) in [6.07, 6.45) is -0.803. The molecule has 0 saturated carbocycles. The van der Waals surface area contributed by atoms with Crippen LogP contribution in [0.15, 0.2) is 0 Å². The van der Waals surface area contributed by atoms with Crippen LogP contribution in [0.5, 0.6) is 0 Å². The lowest BCUT2D eigenvalue weighted by Crippen LogP contribution is -2.30. The van der Waals surface area contributed by atoms with Gasteiger partial charge in [0.2, 0.25) is 0 Å². The number of rotatable bonds is 5. The van der Waals surface area contributed by atoms with Gasteiger partial charge >= 0.3 is 0 Å². The fourth-order valence-corrected chi connectivity index (χ4v) is 1.87. The van der Waals surface area contributed by atoms with E-state index in [4.69, 9.17) is 14.2 Å². The van der Waals surface area contributed by atoms with Gasteiger partial charge in [-0.25, -0.2) is 0 Å². The Bertz CT molecular complexity index is 201.